The lowest BCUT2D eigenvalue weighted by molar-refractivity contribution is 0.101. The maximum absolute atomic E-state index is 11.3. The molecule has 94 valence electrons. The maximum Gasteiger partial charge on any atom is 0.159 e. The van der Waals surface area contributed by atoms with Gasteiger partial charge in [0, 0.05) is 22.6 Å². The summed E-state index contributed by atoms with van der Waals surface area (Å²) in [7, 11) is 0. The molecule has 0 amide bonds. The van der Waals surface area contributed by atoms with Crippen LogP contribution in [-0.2, 0) is 0 Å². The Morgan fingerprint density at radius 3 is 2.78 bits per heavy atom. The van der Waals surface area contributed by atoms with E-state index in [-0.39, 0.29) is 5.78 Å². The van der Waals surface area contributed by atoms with Crippen molar-refractivity contribution in [3.05, 3.63) is 28.2 Å². The van der Waals surface area contributed by atoms with E-state index in [1.165, 1.54) is 12.8 Å². The first-order chi connectivity index (χ1) is 8.63. The number of nitriles is 1. The van der Waals surface area contributed by atoms with E-state index in [2.05, 4.69) is 26.9 Å². The van der Waals surface area contributed by atoms with Crippen LogP contribution in [0.5, 0.6) is 0 Å². The van der Waals surface area contributed by atoms with Crippen molar-refractivity contribution in [3.8, 4) is 6.07 Å². The SMILES string of the molecule is CC(=O)c1ccc(N(CCC#N)C2CC2)c(Br)c1. The van der Waals surface area contributed by atoms with Crippen LogP contribution in [-0.4, -0.2) is 18.4 Å². The van der Waals surface area contributed by atoms with Gasteiger partial charge in [0.05, 0.1) is 18.2 Å². The second-order valence-electron chi connectivity index (χ2n) is 4.56. The van der Waals surface area contributed by atoms with Gasteiger partial charge >= 0.3 is 0 Å². The quantitative estimate of drug-likeness (QED) is 0.782. The van der Waals surface area contributed by atoms with E-state index >= 15 is 0 Å². The number of benzene rings is 1. The summed E-state index contributed by atoms with van der Waals surface area (Å²) in [5.74, 6) is 0.0669. The van der Waals surface area contributed by atoms with Crippen LogP contribution < -0.4 is 4.90 Å². The van der Waals surface area contributed by atoms with Crippen LogP contribution in [0.4, 0.5) is 5.69 Å². The Hall–Kier alpha value is -1.34. The van der Waals surface area contributed by atoms with Gasteiger partial charge in [-0.15, -0.1) is 0 Å². The van der Waals surface area contributed by atoms with Crippen LogP contribution in [0, 0.1) is 11.3 Å². The number of rotatable bonds is 5. The Balaban J connectivity index is 2.25. The fourth-order valence-corrected chi connectivity index (χ4v) is 2.62. The highest BCUT2D eigenvalue weighted by atomic mass is 79.9. The lowest BCUT2D eigenvalue weighted by Gasteiger charge is -2.25. The number of halogens is 1. The molecule has 0 N–H and O–H groups in total. The molecule has 0 radical (unpaired) electrons. The van der Waals surface area contributed by atoms with Gasteiger partial charge in [-0.3, -0.25) is 4.79 Å². The zero-order valence-corrected chi connectivity index (χ0v) is 11.9. The Morgan fingerprint density at radius 1 is 1.56 bits per heavy atom. The molecule has 0 heterocycles. The fourth-order valence-electron chi connectivity index (χ4n) is 2.02. The van der Waals surface area contributed by atoms with E-state index in [0.29, 0.717) is 18.0 Å². The maximum atomic E-state index is 11.3. The van der Waals surface area contributed by atoms with Gasteiger partial charge < -0.3 is 4.90 Å². The van der Waals surface area contributed by atoms with Crippen molar-refractivity contribution in [1.82, 2.24) is 0 Å². The fraction of sp³-hybridized carbons (Fsp3) is 0.429. The zero-order chi connectivity index (χ0) is 13.1. The van der Waals surface area contributed by atoms with E-state index in [9.17, 15) is 4.79 Å². The standard InChI is InChI=1S/C14H15BrN2O/c1-10(18)11-3-6-14(13(15)9-11)17(8-2-7-16)12-4-5-12/h3,6,9,12H,2,4-5,8H2,1H3. The van der Waals surface area contributed by atoms with E-state index in [1.807, 2.05) is 18.2 Å². The Labute approximate surface area is 116 Å². The van der Waals surface area contributed by atoms with Crippen LogP contribution in [0.3, 0.4) is 0 Å². The number of carbonyl (C=O) groups is 1. The summed E-state index contributed by atoms with van der Waals surface area (Å²) in [4.78, 5) is 13.6. The van der Waals surface area contributed by atoms with Crippen LogP contribution in [0.2, 0.25) is 0 Å². The number of hydrogen-bond acceptors (Lipinski definition) is 3. The highest BCUT2D eigenvalue weighted by Gasteiger charge is 2.29. The molecular weight excluding hydrogens is 292 g/mol. The number of Topliss-reactive ketones (excluding diaryl/α,β-unsaturated/α-hetero) is 1. The van der Waals surface area contributed by atoms with Crippen molar-refractivity contribution < 1.29 is 4.79 Å². The van der Waals surface area contributed by atoms with E-state index in [1.54, 1.807) is 6.92 Å². The van der Waals surface area contributed by atoms with Gasteiger partial charge in [0.1, 0.15) is 0 Å². The Bertz CT molecular complexity index is 503. The molecule has 1 aliphatic carbocycles. The van der Waals surface area contributed by atoms with E-state index in [0.717, 1.165) is 16.7 Å². The zero-order valence-electron chi connectivity index (χ0n) is 10.3. The predicted molar refractivity (Wildman–Crippen MR) is 74.7 cm³/mol. The third-order valence-corrected chi connectivity index (χ3v) is 3.75. The average Bonchev–Trinajstić information content (AvgIpc) is 3.15. The van der Waals surface area contributed by atoms with Crippen molar-refractivity contribution in [2.75, 3.05) is 11.4 Å². The first-order valence-electron chi connectivity index (χ1n) is 6.07. The van der Waals surface area contributed by atoms with Gasteiger partial charge in [0.15, 0.2) is 5.78 Å². The van der Waals surface area contributed by atoms with Crippen molar-refractivity contribution in [3.63, 3.8) is 0 Å². The molecule has 1 aromatic carbocycles. The summed E-state index contributed by atoms with van der Waals surface area (Å²) in [5.41, 5.74) is 1.79. The topological polar surface area (TPSA) is 44.1 Å². The predicted octanol–water partition coefficient (Wildman–Crippen LogP) is 3.53. The molecular formula is C14H15BrN2O. The van der Waals surface area contributed by atoms with Gasteiger partial charge in [-0.1, -0.05) is 0 Å². The first-order valence-corrected chi connectivity index (χ1v) is 6.87. The molecule has 1 fully saturated rings. The van der Waals surface area contributed by atoms with Crippen molar-refractivity contribution in [2.24, 2.45) is 0 Å². The summed E-state index contributed by atoms with van der Waals surface area (Å²) in [6.45, 7) is 2.31. The van der Waals surface area contributed by atoms with Crippen molar-refractivity contribution >= 4 is 27.4 Å². The van der Waals surface area contributed by atoms with Gasteiger partial charge in [0.2, 0.25) is 0 Å². The minimum Gasteiger partial charge on any atom is -0.367 e. The first kappa shape index (κ1) is 13.1. The van der Waals surface area contributed by atoms with E-state index in [4.69, 9.17) is 5.26 Å². The lowest BCUT2D eigenvalue weighted by atomic mass is 10.1. The molecule has 0 atom stereocenters. The number of carbonyl (C=O) groups excluding carboxylic acids is 1. The number of nitrogens with zero attached hydrogens (tertiary/aromatic N) is 2. The molecule has 1 aromatic rings. The summed E-state index contributed by atoms with van der Waals surface area (Å²) < 4.78 is 0.931. The number of anilines is 1. The third-order valence-electron chi connectivity index (χ3n) is 3.12. The number of ketones is 1. The summed E-state index contributed by atoms with van der Waals surface area (Å²) in [5, 5.41) is 8.72. The molecule has 0 bridgehead atoms. The average molecular weight is 307 g/mol. The molecule has 0 spiro atoms. The van der Waals surface area contributed by atoms with Gasteiger partial charge in [0.25, 0.3) is 0 Å². The molecule has 3 nitrogen and oxygen atoms in total. The molecule has 0 unspecified atom stereocenters. The minimum atomic E-state index is 0.0669. The summed E-state index contributed by atoms with van der Waals surface area (Å²) in [6, 6.07) is 8.42. The van der Waals surface area contributed by atoms with Crippen LogP contribution >= 0.6 is 15.9 Å². The Morgan fingerprint density at radius 2 is 2.28 bits per heavy atom. The van der Waals surface area contributed by atoms with Gasteiger partial charge in [-0.25, -0.2) is 0 Å². The van der Waals surface area contributed by atoms with E-state index < -0.39 is 0 Å². The van der Waals surface area contributed by atoms with Crippen molar-refractivity contribution in [1.29, 1.82) is 5.26 Å². The number of hydrogen-bond donors (Lipinski definition) is 0. The molecule has 0 aromatic heterocycles. The Kier molecular flexibility index (Phi) is 4.03. The molecule has 2 rings (SSSR count). The highest BCUT2D eigenvalue weighted by molar-refractivity contribution is 9.10. The van der Waals surface area contributed by atoms with Gasteiger partial charge in [-0.2, -0.15) is 5.26 Å². The smallest absolute Gasteiger partial charge is 0.159 e. The highest BCUT2D eigenvalue weighted by Crippen LogP contribution is 2.36. The lowest BCUT2D eigenvalue weighted by Crippen LogP contribution is -2.27. The van der Waals surface area contributed by atoms with Crippen LogP contribution in [0.15, 0.2) is 22.7 Å². The second kappa shape index (κ2) is 5.53. The third kappa shape index (κ3) is 2.91. The monoisotopic (exact) mass is 306 g/mol. The van der Waals surface area contributed by atoms with Crippen molar-refractivity contribution in [2.45, 2.75) is 32.2 Å². The molecule has 0 aliphatic heterocycles. The summed E-state index contributed by atoms with van der Waals surface area (Å²) in [6.07, 6.45) is 2.90. The molecule has 0 saturated heterocycles. The minimum absolute atomic E-state index is 0.0669. The second-order valence-corrected chi connectivity index (χ2v) is 5.41. The molecule has 1 saturated carbocycles. The molecule has 1 aliphatic rings. The summed E-state index contributed by atoms with van der Waals surface area (Å²) >= 11 is 3.53. The van der Waals surface area contributed by atoms with Gasteiger partial charge in [-0.05, 0) is 53.9 Å². The molecule has 18 heavy (non-hydrogen) atoms. The van der Waals surface area contributed by atoms with Crippen LogP contribution in [0.25, 0.3) is 0 Å². The normalized spacial score (nSPS) is 14.1. The molecule has 4 heteroatoms. The van der Waals surface area contributed by atoms with Crippen LogP contribution in [0.1, 0.15) is 36.5 Å². The largest absolute Gasteiger partial charge is 0.367 e.